The van der Waals surface area contributed by atoms with Crippen molar-refractivity contribution in [3.05, 3.63) is 77.9 Å². The van der Waals surface area contributed by atoms with E-state index in [0.29, 0.717) is 36.1 Å². The van der Waals surface area contributed by atoms with E-state index in [1.165, 1.54) is 27.8 Å². The van der Waals surface area contributed by atoms with Crippen molar-refractivity contribution in [3.63, 3.8) is 0 Å². The van der Waals surface area contributed by atoms with Crippen LogP contribution in [0, 0.1) is 0 Å². The van der Waals surface area contributed by atoms with E-state index in [2.05, 4.69) is 4.90 Å². The molecule has 0 spiro atoms. The van der Waals surface area contributed by atoms with Gasteiger partial charge < -0.3 is 9.64 Å². The molecular formula is C30H35ClN4O4S2. The van der Waals surface area contributed by atoms with Gasteiger partial charge in [-0.15, -0.1) is 12.4 Å². The average molecular weight is 615 g/mol. The minimum Gasteiger partial charge on any atom is -0.492 e. The summed E-state index contributed by atoms with van der Waals surface area (Å²) in [5, 5.41) is 0.590. The van der Waals surface area contributed by atoms with Gasteiger partial charge in [-0.1, -0.05) is 35.6 Å². The summed E-state index contributed by atoms with van der Waals surface area (Å²) in [6, 6.07) is 19.7. The minimum absolute atomic E-state index is 0. The van der Waals surface area contributed by atoms with E-state index in [9.17, 15) is 13.2 Å². The van der Waals surface area contributed by atoms with E-state index in [-0.39, 0.29) is 23.2 Å². The van der Waals surface area contributed by atoms with Gasteiger partial charge in [-0.25, -0.2) is 13.4 Å². The number of rotatable bonds is 10. The van der Waals surface area contributed by atoms with Crippen molar-refractivity contribution in [1.29, 1.82) is 0 Å². The highest BCUT2D eigenvalue weighted by Crippen LogP contribution is 2.35. The van der Waals surface area contributed by atoms with Crippen molar-refractivity contribution in [1.82, 2.24) is 9.88 Å². The Balaban J connectivity index is 0.00000387. The van der Waals surface area contributed by atoms with E-state index in [4.69, 9.17) is 9.72 Å². The number of benzene rings is 3. The van der Waals surface area contributed by atoms with Crippen molar-refractivity contribution in [2.24, 2.45) is 0 Å². The summed E-state index contributed by atoms with van der Waals surface area (Å²) in [5.41, 5.74) is 2.90. The molecule has 8 nitrogen and oxygen atoms in total. The zero-order valence-corrected chi connectivity index (χ0v) is 25.9. The molecule has 41 heavy (non-hydrogen) atoms. The Morgan fingerprint density at radius 2 is 1.78 bits per heavy atom. The number of thiazole rings is 1. The molecule has 0 unspecified atom stereocenters. The maximum absolute atomic E-state index is 13.8. The second kappa shape index (κ2) is 13.2. The Hall–Kier alpha value is -3.18. The first-order valence-electron chi connectivity index (χ1n) is 13.5. The fraction of sp³-hybridized carbons (Fsp3) is 0.333. The predicted octanol–water partition coefficient (Wildman–Crippen LogP) is 5.86. The molecule has 0 radical (unpaired) electrons. The number of ether oxygens (including phenoxy) is 1. The van der Waals surface area contributed by atoms with Gasteiger partial charge in [-0.05, 0) is 94.9 Å². The molecule has 4 aromatic rings. The molecule has 0 saturated heterocycles. The van der Waals surface area contributed by atoms with Gasteiger partial charge in [0, 0.05) is 18.7 Å². The lowest BCUT2D eigenvalue weighted by Crippen LogP contribution is -2.35. The van der Waals surface area contributed by atoms with Crippen LogP contribution < -0.4 is 13.9 Å². The highest BCUT2D eigenvalue weighted by molar-refractivity contribution is 7.92. The second-order valence-corrected chi connectivity index (χ2v) is 12.9. The number of carbonyl (C=O) groups is 1. The predicted molar refractivity (Wildman–Crippen MR) is 169 cm³/mol. The lowest BCUT2D eigenvalue weighted by Gasteiger charge is -2.30. The number of sulfonamides is 1. The monoisotopic (exact) mass is 614 g/mol. The topological polar surface area (TPSA) is 83.0 Å². The fourth-order valence-corrected chi connectivity index (χ4v) is 7.48. The summed E-state index contributed by atoms with van der Waals surface area (Å²) in [5.74, 6) is 0.472. The van der Waals surface area contributed by atoms with Gasteiger partial charge >= 0.3 is 0 Å². The number of para-hydroxylation sites is 2. The maximum atomic E-state index is 13.8. The Bertz CT molecular complexity index is 1610. The molecule has 5 rings (SSSR count). The molecule has 0 atom stereocenters. The Labute approximate surface area is 252 Å². The van der Waals surface area contributed by atoms with Gasteiger partial charge in [0.25, 0.3) is 15.9 Å². The molecule has 1 amide bonds. The van der Waals surface area contributed by atoms with Crippen molar-refractivity contribution < 1.29 is 17.9 Å². The van der Waals surface area contributed by atoms with Crippen molar-refractivity contribution in [2.45, 2.75) is 31.1 Å². The third kappa shape index (κ3) is 6.51. The molecule has 1 aromatic heterocycles. The Morgan fingerprint density at radius 3 is 2.51 bits per heavy atom. The lowest BCUT2D eigenvalue weighted by molar-refractivity contribution is 0.0986. The van der Waals surface area contributed by atoms with Crippen LogP contribution in [0.2, 0.25) is 0 Å². The number of hydrogen-bond acceptors (Lipinski definition) is 7. The Morgan fingerprint density at radius 1 is 1.02 bits per heavy atom. The number of amides is 1. The first-order valence-corrected chi connectivity index (χ1v) is 15.7. The number of anilines is 2. The smallest absolute Gasteiger partial charge is 0.264 e. The van der Waals surface area contributed by atoms with Gasteiger partial charge in [0.2, 0.25) is 0 Å². The summed E-state index contributed by atoms with van der Waals surface area (Å²) in [6.45, 7) is 4.17. The molecule has 11 heteroatoms. The number of halogens is 1. The molecule has 0 bridgehead atoms. The zero-order chi connectivity index (χ0) is 28.3. The molecule has 1 aliphatic heterocycles. The van der Waals surface area contributed by atoms with Crippen LogP contribution in [0.3, 0.4) is 0 Å². The normalized spacial score (nSPS) is 13.1. The van der Waals surface area contributed by atoms with Crippen LogP contribution >= 0.6 is 23.7 Å². The highest BCUT2D eigenvalue weighted by atomic mass is 35.5. The van der Waals surface area contributed by atoms with Gasteiger partial charge in [0.05, 0.1) is 21.9 Å². The van der Waals surface area contributed by atoms with E-state index in [1.54, 1.807) is 17.0 Å². The fourth-order valence-electron chi connectivity index (χ4n) is 4.93. The minimum atomic E-state index is -3.76. The lowest BCUT2D eigenvalue weighted by atomic mass is 10.0. The van der Waals surface area contributed by atoms with E-state index in [1.807, 2.05) is 63.5 Å². The summed E-state index contributed by atoms with van der Waals surface area (Å²) in [6.07, 6.45) is 2.38. The van der Waals surface area contributed by atoms with E-state index < -0.39 is 10.0 Å². The maximum Gasteiger partial charge on any atom is 0.264 e. The number of nitrogens with zero attached hydrogens (tertiary/aromatic N) is 4. The molecule has 218 valence electrons. The van der Waals surface area contributed by atoms with Crippen LogP contribution in [0.4, 0.5) is 10.8 Å². The van der Waals surface area contributed by atoms with Gasteiger partial charge in [0.15, 0.2) is 5.13 Å². The molecule has 1 aliphatic rings. The molecule has 2 heterocycles. The SMILES string of the molecule is CCOc1cccc2sc(N(CCCN(C)C)C(=O)c3ccc(S(=O)(=O)N4CCCc5ccccc54)cc3)nc12.Cl. The van der Waals surface area contributed by atoms with E-state index in [0.717, 1.165) is 47.3 Å². The van der Waals surface area contributed by atoms with Crippen LogP contribution in [0.1, 0.15) is 35.7 Å². The van der Waals surface area contributed by atoms with Crippen LogP contribution in [0.25, 0.3) is 10.2 Å². The van der Waals surface area contributed by atoms with Gasteiger partial charge in [-0.3, -0.25) is 14.0 Å². The molecule has 0 saturated carbocycles. The molecule has 3 aromatic carbocycles. The number of aromatic nitrogens is 1. The van der Waals surface area contributed by atoms with Crippen LogP contribution in [0.5, 0.6) is 5.75 Å². The number of hydrogen-bond donors (Lipinski definition) is 0. The van der Waals surface area contributed by atoms with Crippen LogP contribution in [-0.4, -0.2) is 64.5 Å². The summed E-state index contributed by atoms with van der Waals surface area (Å²) in [7, 11) is 0.233. The molecular weight excluding hydrogens is 580 g/mol. The van der Waals surface area contributed by atoms with Crippen molar-refractivity contribution in [2.75, 3.05) is 49.5 Å². The van der Waals surface area contributed by atoms with E-state index >= 15 is 0 Å². The summed E-state index contributed by atoms with van der Waals surface area (Å²) >= 11 is 1.44. The molecule has 0 aliphatic carbocycles. The average Bonchev–Trinajstić information content (AvgIpc) is 3.40. The summed E-state index contributed by atoms with van der Waals surface area (Å²) in [4.78, 5) is 22.6. The quantitative estimate of drug-likeness (QED) is 0.223. The largest absolute Gasteiger partial charge is 0.492 e. The summed E-state index contributed by atoms with van der Waals surface area (Å²) < 4.78 is 35.3. The van der Waals surface area contributed by atoms with Gasteiger partial charge in [-0.2, -0.15) is 0 Å². The number of fused-ring (bicyclic) bond motifs is 2. The highest BCUT2D eigenvalue weighted by Gasteiger charge is 2.29. The second-order valence-electron chi connectivity index (χ2n) is 9.98. The number of carbonyl (C=O) groups excluding carboxylic acids is 1. The standard InChI is InChI=1S/C30H34N4O4S2.ClH/c1-4-38-26-13-7-14-27-28(26)31-30(39-27)33(20-9-19-32(2)3)29(35)23-15-17-24(18-16-23)40(36,37)34-21-8-11-22-10-5-6-12-25(22)34;/h5-7,10,12-18H,4,8-9,11,19-21H2,1-3H3;1H. The zero-order valence-electron chi connectivity index (χ0n) is 23.4. The number of aryl methyl sites for hydroxylation is 1. The first-order chi connectivity index (χ1) is 19.3. The third-order valence-electron chi connectivity index (χ3n) is 6.89. The molecule has 0 N–H and O–H groups in total. The van der Waals surface area contributed by atoms with Crippen LogP contribution in [-0.2, 0) is 16.4 Å². The third-order valence-corrected chi connectivity index (χ3v) is 9.76. The Kier molecular flexibility index (Phi) is 9.91. The van der Waals surface area contributed by atoms with Crippen molar-refractivity contribution >= 4 is 60.7 Å². The van der Waals surface area contributed by atoms with Crippen LogP contribution in [0.15, 0.2) is 71.6 Å². The van der Waals surface area contributed by atoms with Gasteiger partial charge in [0.1, 0.15) is 11.3 Å². The first kappa shape index (κ1) is 30.8. The van der Waals surface area contributed by atoms with Crippen molar-refractivity contribution in [3.8, 4) is 5.75 Å². The molecule has 0 fully saturated rings.